The van der Waals surface area contributed by atoms with Gasteiger partial charge in [0.15, 0.2) is 0 Å². The first-order valence-electron chi connectivity index (χ1n) is 4.32. The van der Waals surface area contributed by atoms with Crippen LogP contribution in [0.4, 0.5) is 0 Å². The second-order valence-corrected chi connectivity index (χ2v) is 4.28. The van der Waals surface area contributed by atoms with Gasteiger partial charge in [-0.25, -0.2) is 4.57 Å². The second kappa shape index (κ2) is 7.34. The first-order valence-corrected chi connectivity index (χ1v) is 5.78. The number of hydrogen-bond donors (Lipinski definition) is 2. The predicted octanol–water partition coefficient (Wildman–Crippen LogP) is 0.537. The molecule has 1 atom stereocenters. The molecular weight excluding hydrogens is 211 g/mol. The first kappa shape index (κ1) is 14.0. The Bertz CT molecular complexity index is 181. The molecule has 86 valence electrons. The Morgan fingerprint density at radius 1 is 1.36 bits per heavy atom. The standard InChI is InChI=1S/C7H17O6P/c1-3-4-12-14(10,11-2)13-7(5-8)6-9/h7-9H,3-6H2,1-2H3. The van der Waals surface area contributed by atoms with Gasteiger partial charge in [0.25, 0.3) is 0 Å². The molecule has 6 nitrogen and oxygen atoms in total. The molecule has 0 fully saturated rings. The molecule has 0 saturated carbocycles. The van der Waals surface area contributed by atoms with Gasteiger partial charge in [-0.15, -0.1) is 0 Å². The van der Waals surface area contributed by atoms with Crippen molar-refractivity contribution in [1.82, 2.24) is 0 Å². The van der Waals surface area contributed by atoms with Crippen LogP contribution in [-0.4, -0.2) is 43.2 Å². The van der Waals surface area contributed by atoms with Gasteiger partial charge in [-0.2, -0.15) is 0 Å². The van der Waals surface area contributed by atoms with Gasteiger partial charge in [0.1, 0.15) is 6.10 Å². The molecule has 14 heavy (non-hydrogen) atoms. The van der Waals surface area contributed by atoms with E-state index in [9.17, 15) is 4.57 Å². The van der Waals surface area contributed by atoms with Gasteiger partial charge in [0, 0.05) is 7.11 Å². The lowest BCUT2D eigenvalue weighted by Crippen LogP contribution is -2.21. The molecule has 0 aliphatic rings. The third-order valence-corrected chi connectivity index (χ3v) is 2.86. The van der Waals surface area contributed by atoms with E-state index in [4.69, 9.17) is 19.3 Å². The Labute approximate surface area is 83.4 Å². The molecule has 0 aromatic carbocycles. The summed E-state index contributed by atoms with van der Waals surface area (Å²) in [6.07, 6.45) is -0.280. The summed E-state index contributed by atoms with van der Waals surface area (Å²) in [5.41, 5.74) is 0. The van der Waals surface area contributed by atoms with Crippen LogP contribution in [0.15, 0.2) is 0 Å². The zero-order valence-electron chi connectivity index (χ0n) is 8.38. The molecule has 0 aliphatic carbocycles. The van der Waals surface area contributed by atoms with Crippen molar-refractivity contribution in [2.75, 3.05) is 26.9 Å². The monoisotopic (exact) mass is 228 g/mol. The Hall–Kier alpha value is 0.0300. The molecule has 0 aliphatic heterocycles. The number of rotatable bonds is 8. The van der Waals surface area contributed by atoms with E-state index in [-0.39, 0.29) is 6.61 Å². The van der Waals surface area contributed by atoms with E-state index in [1.165, 1.54) is 7.11 Å². The average Bonchev–Trinajstić information content (AvgIpc) is 2.23. The molecule has 0 spiro atoms. The van der Waals surface area contributed by atoms with Crippen molar-refractivity contribution in [1.29, 1.82) is 0 Å². The van der Waals surface area contributed by atoms with E-state index in [0.717, 1.165) is 0 Å². The number of phosphoric ester groups is 1. The summed E-state index contributed by atoms with van der Waals surface area (Å²) < 4.78 is 25.8. The maximum absolute atomic E-state index is 11.6. The van der Waals surface area contributed by atoms with Crippen LogP contribution in [0.3, 0.4) is 0 Å². The topological polar surface area (TPSA) is 85.2 Å². The molecular formula is C7H17O6P. The van der Waals surface area contributed by atoms with Crippen LogP contribution in [-0.2, 0) is 18.1 Å². The highest BCUT2D eigenvalue weighted by Crippen LogP contribution is 2.49. The Morgan fingerprint density at radius 2 is 1.93 bits per heavy atom. The van der Waals surface area contributed by atoms with Gasteiger partial charge >= 0.3 is 7.82 Å². The molecule has 0 amide bonds. The fourth-order valence-corrected chi connectivity index (χ4v) is 1.79. The summed E-state index contributed by atoms with van der Waals surface area (Å²) in [4.78, 5) is 0. The Morgan fingerprint density at radius 3 is 2.29 bits per heavy atom. The van der Waals surface area contributed by atoms with Crippen LogP contribution in [0.5, 0.6) is 0 Å². The summed E-state index contributed by atoms with van der Waals surface area (Å²) in [5.74, 6) is 0. The Balaban J connectivity index is 4.15. The normalized spacial score (nSPS) is 15.8. The van der Waals surface area contributed by atoms with Crippen LogP contribution in [0.1, 0.15) is 13.3 Å². The van der Waals surface area contributed by atoms with Crippen LogP contribution in [0.25, 0.3) is 0 Å². The minimum Gasteiger partial charge on any atom is -0.394 e. The van der Waals surface area contributed by atoms with Crippen molar-refractivity contribution in [3.05, 3.63) is 0 Å². The third-order valence-electron chi connectivity index (χ3n) is 1.36. The first-order chi connectivity index (χ1) is 6.61. The lowest BCUT2D eigenvalue weighted by Gasteiger charge is -2.19. The summed E-state index contributed by atoms with van der Waals surface area (Å²) in [6, 6.07) is 0. The minimum atomic E-state index is -3.63. The fraction of sp³-hybridized carbons (Fsp3) is 1.00. The molecule has 0 aromatic rings. The molecule has 0 rings (SSSR count). The largest absolute Gasteiger partial charge is 0.474 e. The van der Waals surface area contributed by atoms with E-state index in [0.29, 0.717) is 6.42 Å². The fourth-order valence-electron chi connectivity index (χ4n) is 0.636. The van der Waals surface area contributed by atoms with Crippen LogP contribution >= 0.6 is 7.82 Å². The lowest BCUT2D eigenvalue weighted by molar-refractivity contribution is 0.0242. The number of hydrogen-bond acceptors (Lipinski definition) is 6. The zero-order valence-corrected chi connectivity index (χ0v) is 9.27. The van der Waals surface area contributed by atoms with E-state index < -0.39 is 27.1 Å². The van der Waals surface area contributed by atoms with Crippen molar-refractivity contribution < 1.29 is 28.3 Å². The third kappa shape index (κ3) is 5.05. The van der Waals surface area contributed by atoms with E-state index >= 15 is 0 Å². The van der Waals surface area contributed by atoms with E-state index in [2.05, 4.69) is 4.52 Å². The highest BCUT2D eigenvalue weighted by molar-refractivity contribution is 7.48. The highest BCUT2D eigenvalue weighted by Gasteiger charge is 2.28. The maximum Gasteiger partial charge on any atom is 0.474 e. The van der Waals surface area contributed by atoms with Crippen molar-refractivity contribution in [3.63, 3.8) is 0 Å². The quantitative estimate of drug-likeness (QED) is 0.590. The van der Waals surface area contributed by atoms with Gasteiger partial charge in [0.05, 0.1) is 19.8 Å². The minimum absolute atomic E-state index is 0.231. The van der Waals surface area contributed by atoms with Crippen LogP contribution < -0.4 is 0 Å². The second-order valence-electron chi connectivity index (χ2n) is 2.56. The van der Waals surface area contributed by atoms with Crippen LogP contribution in [0, 0.1) is 0 Å². The van der Waals surface area contributed by atoms with Crippen LogP contribution in [0.2, 0.25) is 0 Å². The zero-order chi connectivity index (χ0) is 11.0. The number of phosphoric acid groups is 1. The van der Waals surface area contributed by atoms with E-state index in [1.54, 1.807) is 0 Å². The molecule has 0 radical (unpaired) electrons. The average molecular weight is 228 g/mol. The molecule has 0 saturated heterocycles. The SMILES string of the molecule is CCCOP(=O)(OC)OC(CO)CO. The summed E-state index contributed by atoms with van der Waals surface area (Å²) in [6.45, 7) is 1.18. The predicted molar refractivity (Wildman–Crippen MR) is 49.9 cm³/mol. The maximum atomic E-state index is 11.6. The molecule has 2 N–H and O–H groups in total. The molecule has 0 aromatic heterocycles. The smallest absolute Gasteiger partial charge is 0.394 e. The van der Waals surface area contributed by atoms with Gasteiger partial charge in [-0.1, -0.05) is 6.92 Å². The Kier molecular flexibility index (Phi) is 7.35. The van der Waals surface area contributed by atoms with E-state index in [1.807, 2.05) is 6.92 Å². The van der Waals surface area contributed by atoms with Gasteiger partial charge in [-0.05, 0) is 6.42 Å². The molecule has 7 heteroatoms. The molecule has 1 unspecified atom stereocenters. The van der Waals surface area contributed by atoms with Gasteiger partial charge in [0.2, 0.25) is 0 Å². The van der Waals surface area contributed by atoms with Crippen molar-refractivity contribution in [3.8, 4) is 0 Å². The molecule has 0 bridgehead atoms. The summed E-state index contributed by atoms with van der Waals surface area (Å²) >= 11 is 0. The summed E-state index contributed by atoms with van der Waals surface area (Å²) in [5, 5.41) is 17.4. The summed E-state index contributed by atoms with van der Waals surface area (Å²) in [7, 11) is -2.44. The van der Waals surface area contributed by atoms with Gasteiger partial charge < -0.3 is 10.2 Å². The van der Waals surface area contributed by atoms with Crippen molar-refractivity contribution in [2.45, 2.75) is 19.4 Å². The van der Waals surface area contributed by atoms with Crippen molar-refractivity contribution >= 4 is 7.82 Å². The lowest BCUT2D eigenvalue weighted by atomic mass is 10.4. The van der Waals surface area contributed by atoms with Gasteiger partial charge in [-0.3, -0.25) is 13.6 Å². The highest BCUT2D eigenvalue weighted by atomic mass is 31.2. The van der Waals surface area contributed by atoms with Crippen molar-refractivity contribution in [2.24, 2.45) is 0 Å². The number of aliphatic hydroxyl groups is 2. The molecule has 0 heterocycles. The number of aliphatic hydroxyl groups excluding tert-OH is 2.